The van der Waals surface area contributed by atoms with Crippen LogP contribution in [0.2, 0.25) is 0 Å². The summed E-state index contributed by atoms with van der Waals surface area (Å²) >= 11 is 0. The van der Waals surface area contributed by atoms with E-state index in [9.17, 15) is 0 Å². The molecule has 31 heavy (non-hydrogen) atoms. The predicted octanol–water partition coefficient (Wildman–Crippen LogP) is 8.04. The number of ether oxygens (including phenoxy) is 2. The van der Waals surface area contributed by atoms with Gasteiger partial charge in [0.15, 0.2) is 0 Å². The largest absolute Gasteiger partial charge is 0.494 e. The monoisotopic (exact) mass is 420 g/mol. The fraction of sp³-hybridized carbons (Fsp3) is 0.517. The molecule has 0 fully saturated rings. The minimum Gasteiger partial charge on any atom is -0.494 e. The van der Waals surface area contributed by atoms with Gasteiger partial charge < -0.3 is 9.47 Å². The smallest absolute Gasteiger partial charge is 0.119 e. The summed E-state index contributed by atoms with van der Waals surface area (Å²) in [4.78, 5) is 0. The van der Waals surface area contributed by atoms with Crippen molar-refractivity contribution < 1.29 is 9.47 Å². The summed E-state index contributed by atoms with van der Waals surface area (Å²) in [5.41, 5.74) is 3.46. The lowest BCUT2D eigenvalue weighted by Gasteiger charge is -2.08. The Labute approximate surface area is 190 Å². The number of unbranched alkanes of at least 4 members (excludes halogenated alkanes) is 7. The molecule has 2 aromatic carbocycles. The van der Waals surface area contributed by atoms with E-state index in [2.05, 4.69) is 74.2 Å². The Kier molecular flexibility index (Phi) is 12.5. The zero-order valence-electron chi connectivity index (χ0n) is 19.8. The van der Waals surface area contributed by atoms with Crippen LogP contribution in [0.1, 0.15) is 83.6 Å². The maximum Gasteiger partial charge on any atom is 0.119 e. The van der Waals surface area contributed by atoms with Gasteiger partial charge in [-0.2, -0.15) is 0 Å². The van der Waals surface area contributed by atoms with Crippen LogP contribution < -0.4 is 4.74 Å². The SMILES string of the molecule is CCCCCCCCCCOc1ccc(-c2ccc(C#CCCC(C)OC)cc2)cc1. The molecule has 0 aliphatic rings. The standard InChI is InChI=1S/C29H40O2/c1-4-5-6-7-8-9-10-13-24-31-29-22-20-28(21-23-29)27-18-16-26(17-19-27)15-12-11-14-25(2)30-3/h16-23,25H,4-11,13-14,24H2,1-3H3. The van der Waals surface area contributed by atoms with Crippen molar-refractivity contribution in [2.75, 3.05) is 13.7 Å². The lowest BCUT2D eigenvalue weighted by Crippen LogP contribution is -2.02. The average molecular weight is 421 g/mol. The molecule has 1 atom stereocenters. The molecule has 0 spiro atoms. The van der Waals surface area contributed by atoms with Crippen LogP contribution in [0.5, 0.6) is 5.75 Å². The maximum absolute atomic E-state index is 5.91. The van der Waals surface area contributed by atoms with Crippen molar-refractivity contribution in [3.63, 3.8) is 0 Å². The van der Waals surface area contributed by atoms with Crippen LogP contribution in [0.4, 0.5) is 0 Å². The highest BCUT2D eigenvalue weighted by Crippen LogP contribution is 2.23. The Bertz CT molecular complexity index is 765. The second kappa shape index (κ2) is 15.5. The Hall–Kier alpha value is -2.24. The van der Waals surface area contributed by atoms with E-state index < -0.39 is 0 Å². The lowest BCUT2D eigenvalue weighted by atomic mass is 10.0. The van der Waals surface area contributed by atoms with Crippen molar-refractivity contribution in [1.82, 2.24) is 0 Å². The van der Waals surface area contributed by atoms with E-state index in [0.29, 0.717) is 0 Å². The zero-order valence-corrected chi connectivity index (χ0v) is 19.8. The number of hydrogen-bond donors (Lipinski definition) is 0. The van der Waals surface area contributed by atoms with Crippen molar-refractivity contribution in [2.45, 2.75) is 84.2 Å². The van der Waals surface area contributed by atoms with E-state index in [1.165, 1.54) is 56.1 Å². The molecule has 0 heterocycles. The summed E-state index contributed by atoms with van der Waals surface area (Å²) in [5.74, 6) is 7.42. The quantitative estimate of drug-likeness (QED) is 0.227. The molecule has 0 amide bonds. The fourth-order valence-corrected chi connectivity index (χ4v) is 3.47. The van der Waals surface area contributed by atoms with E-state index in [1.807, 2.05) is 0 Å². The molecule has 0 radical (unpaired) electrons. The third-order valence-electron chi connectivity index (χ3n) is 5.65. The molecule has 2 rings (SSSR count). The van der Waals surface area contributed by atoms with E-state index in [1.54, 1.807) is 7.11 Å². The van der Waals surface area contributed by atoms with Gasteiger partial charge in [-0.1, -0.05) is 88.0 Å². The molecule has 168 valence electrons. The lowest BCUT2D eigenvalue weighted by molar-refractivity contribution is 0.112. The third kappa shape index (κ3) is 10.6. The summed E-state index contributed by atoms with van der Waals surface area (Å²) < 4.78 is 11.2. The molecule has 0 saturated heterocycles. The molecule has 0 aliphatic carbocycles. The predicted molar refractivity (Wildman–Crippen MR) is 133 cm³/mol. The number of rotatable bonds is 14. The van der Waals surface area contributed by atoms with Crippen LogP contribution in [-0.2, 0) is 4.74 Å². The van der Waals surface area contributed by atoms with E-state index in [-0.39, 0.29) is 6.10 Å². The highest BCUT2D eigenvalue weighted by atomic mass is 16.5. The molecule has 2 aromatic rings. The average Bonchev–Trinajstić information content (AvgIpc) is 2.81. The van der Waals surface area contributed by atoms with E-state index in [0.717, 1.165) is 37.2 Å². The van der Waals surface area contributed by atoms with Crippen LogP contribution in [0, 0.1) is 11.8 Å². The second-order valence-electron chi connectivity index (χ2n) is 8.31. The van der Waals surface area contributed by atoms with Gasteiger partial charge in [0.05, 0.1) is 12.7 Å². The summed E-state index contributed by atoms with van der Waals surface area (Å²) in [6.07, 6.45) is 12.7. The Balaban J connectivity index is 1.69. The molecular formula is C29H40O2. The van der Waals surface area contributed by atoms with Gasteiger partial charge >= 0.3 is 0 Å². The van der Waals surface area contributed by atoms with Crippen LogP contribution in [0.3, 0.4) is 0 Å². The van der Waals surface area contributed by atoms with Crippen LogP contribution in [0.25, 0.3) is 11.1 Å². The van der Waals surface area contributed by atoms with Crippen molar-refractivity contribution in [3.05, 3.63) is 54.1 Å². The van der Waals surface area contributed by atoms with Gasteiger partial charge in [0, 0.05) is 19.1 Å². The number of hydrogen-bond acceptors (Lipinski definition) is 2. The molecule has 0 saturated carbocycles. The third-order valence-corrected chi connectivity index (χ3v) is 5.65. The topological polar surface area (TPSA) is 18.5 Å². The van der Waals surface area contributed by atoms with Crippen LogP contribution >= 0.6 is 0 Å². The molecule has 0 bridgehead atoms. The molecule has 0 aliphatic heterocycles. The molecule has 2 nitrogen and oxygen atoms in total. The molecule has 0 aromatic heterocycles. The number of benzene rings is 2. The van der Waals surface area contributed by atoms with Crippen molar-refractivity contribution in [3.8, 4) is 28.7 Å². The van der Waals surface area contributed by atoms with Gasteiger partial charge in [-0.3, -0.25) is 0 Å². The summed E-state index contributed by atoms with van der Waals surface area (Å²) in [6.45, 7) is 5.15. The molecular weight excluding hydrogens is 380 g/mol. The van der Waals surface area contributed by atoms with Crippen LogP contribution in [-0.4, -0.2) is 19.8 Å². The Morgan fingerprint density at radius 2 is 1.35 bits per heavy atom. The van der Waals surface area contributed by atoms with Gasteiger partial charge in [0.1, 0.15) is 5.75 Å². The van der Waals surface area contributed by atoms with E-state index >= 15 is 0 Å². The molecule has 1 unspecified atom stereocenters. The Morgan fingerprint density at radius 1 is 0.774 bits per heavy atom. The van der Waals surface area contributed by atoms with Gasteiger partial charge in [-0.15, -0.1) is 0 Å². The first-order valence-corrected chi connectivity index (χ1v) is 12.1. The highest BCUT2D eigenvalue weighted by molar-refractivity contribution is 5.65. The van der Waals surface area contributed by atoms with Crippen molar-refractivity contribution >= 4 is 0 Å². The van der Waals surface area contributed by atoms with Gasteiger partial charge in [-0.05, 0) is 55.2 Å². The van der Waals surface area contributed by atoms with Gasteiger partial charge in [0.2, 0.25) is 0 Å². The highest BCUT2D eigenvalue weighted by Gasteiger charge is 2.00. The van der Waals surface area contributed by atoms with Crippen LogP contribution in [0.15, 0.2) is 48.5 Å². The first kappa shape index (κ1) is 25.0. The van der Waals surface area contributed by atoms with Gasteiger partial charge in [0.25, 0.3) is 0 Å². The van der Waals surface area contributed by atoms with Gasteiger partial charge in [-0.25, -0.2) is 0 Å². The second-order valence-corrected chi connectivity index (χ2v) is 8.31. The van der Waals surface area contributed by atoms with E-state index in [4.69, 9.17) is 9.47 Å². The molecule has 0 N–H and O–H groups in total. The fourth-order valence-electron chi connectivity index (χ4n) is 3.47. The zero-order chi connectivity index (χ0) is 22.2. The normalized spacial score (nSPS) is 11.6. The first-order chi connectivity index (χ1) is 15.2. The minimum atomic E-state index is 0.268. The summed E-state index contributed by atoms with van der Waals surface area (Å²) in [6, 6.07) is 16.9. The molecule has 2 heteroatoms. The summed E-state index contributed by atoms with van der Waals surface area (Å²) in [7, 11) is 1.74. The summed E-state index contributed by atoms with van der Waals surface area (Å²) in [5, 5.41) is 0. The first-order valence-electron chi connectivity index (χ1n) is 12.1. The minimum absolute atomic E-state index is 0.268. The Morgan fingerprint density at radius 3 is 1.97 bits per heavy atom. The van der Waals surface area contributed by atoms with Crippen molar-refractivity contribution in [2.24, 2.45) is 0 Å². The van der Waals surface area contributed by atoms with Crippen molar-refractivity contribution in [1.29, 1.82) is 0 Å². The maximum atomic E-state index is 5.91. The number of methoxy groups -OCH3 is 1.